The molecule has 1 aromatic heterocycles. The average Bonchev–Trinajstić information content (AvgIpc) is 3.35. The highest BCUT2D eigenvalue weighted by Gasteiger charge is 2.42. The third kappa shape index (κ3) is 4.58. The predicted molar refractivity (Wildman–Crippen MR) is 109 cm³/mol. The van der Waals surface area contributed by atoms with E-state index in [-0.39, 0.29) is 35.2 Å². The minimum absolute atomic E-state index is 0.00806. The number of nitrogens with zero attached hydrogens (tertiary/aromatic N) is 4. The second kappa shape index (κ2) is 8.44. The predicted octanol–water partition coefficient (Wildman–Crippen LogP) is 4.00. The van der Waals surface area contributed by atoms with E-state index < -0.39 is 11.7 Å². The number of alkyl halides is 3. The molecule has 0 saturated carbocycles. The molecule has 1 N–H and O–H groups in total. The van der Waals surface area contributed by atoms with Crippen molar-refractivity contribution < 1.29 is 23.1 Å². The van der Waals surface area contributed by atoms with Gasteiger partial charge < -0.3 is 10.0 Å². The molecule has 1 aromatic carbocycles. The number of aliphatic hydroxyl groups excluding tert-OH is 1. The lowest BCUT2D eigenvalue weighted by Crippen LogP contribution is -2.45. The van der Waals surface area contributed by atoms with Crippen LogP contribution in [0.2, 0.25) is 5.02 Å². The molecule has 0 radical (unpaired) electrons. The largest absolute Gasteiger partial charge is 0.418 e. The van der Waals surface area contributed by atoms with Crippen molar-refractivity contribution in [3.8, 4) is 0 Å². The molecule has 1 amide bonds. The molecule has 168 valence electrons. The Bertz CT molecular complexity index is 954. The Morgan fingerprint density at radius 2 is 1.87 bits per heavy atom. The van der Waals surface area contributed by atoms with E-state index in [1.54, 1.807) is 23.2 Å². The SMILES string of the molecule is O=C(N1CCC2(CCN(Cc3cccc(Cl)c3C(F)(F)F)C2)CC1)n1ccc(CO)n1. The summed E-state index contributed by atoms with van der Waals surface area (Å²) in [4.78, 5) is 16.4. The van der Waals surface area contributed by atoms with Crippen LogP contribution in [0.4, 0.5) is 18.0 Å². The number of amides is 1. The van der Waals surface area contributed by atoms with Gasteiger partial charge in [0.1, 0.15) is 0 Å². The second-order valence-corrected chi connectivity index (χ2v) is 8.82. The molecule has 2 fully saturated rings. The van der Waals surface area contributed by atoms with Crippen LogP contribution in [-0.4, -0.2) is 56.9 Å². The summed E-state index contributed by atoms with van der Waals surface area (Å²) < 4.78 is 41.6. The summed E-state index contributed by atoms with van der Waals surface area (Å²) >= 11 is 5.85. The van der Waals surface area contributed by atoms with E-state index in [9.17, 15) is 18.0 Å². The third-order valence-electron chi connectivity index (χ3n) is 6.39. The molecule has 0 bridgehead atoms. The monoisotopic (exact) mass is 456 g/mol. The van der Waals surface area contributed by atoms with E-state index in [0.29, 0.717) is 25.3 Å². The minimum atomic E-state index is -4.49. The van der Waals surface area contributed by atoms with Gasteiger partial charge >= 0.3 is 12.2 Å². The normalized spacial score (nSPS) is 19.3. The molecule has 2 aliphatic rings. The molecule has 1 spiro atoms. The summed E-state index contributed by atoms with van der Waals surface area (Å²) in [5.41, 5.74) is -0.108. The molecule has 0 unspecified atom stereocenters. The molecule has 2 saturated heterocycles. The number of carbonyl (C=O) groups is 1. The summed E-state index contributed by atoms with van der Waals surface area (Å²) in [5, 5.41) is 12.9. The van der Waals surface area contributed by atoms with Gasteiger partial charge in [0.2, 0.25) is 0 Å². The lowest BCUT2D eigenvalue weighted by molar-refractivity contribution is -0.138. The van der Waals surface area contributed by atoms with E-state index in [1.165, 1.54) is 16.8 Å². The minimum Gasteiger partial charge on any atom is -0.390 e. The first-order chi connectivity index (χ1) is 14.7. The fraction of sp³-hybridized carbons (Fsp3) is 0.524. The highest BCUT2D eigenvalue weighted by atomic mass is 35.5. The third-order valence-corrected chi connectivity index (χ3v) is 6.71. The fourth-order valence-electron chi connectivity index (χ4n) is 4.70. The van der Waals surface area contributed by atoms with Crippen LogP contribution in [0.15, 0.2) is 30.5 Å². The van der Waals surface area contributed by atoms with Crippen LogP contribution in [0.1, 0.15) is 36.1 Å². The summed E-state index contributed by atoms with van der Waals surface area (Å²) in [6.45, 7) is 2.56. The molecule has 0 aliphatic carbocycles. The van der Waals surface area contributed by atoms with Gasteiger partial charge in [0.15, 0.2) is 0 Å². The number of aliphatic hydroxyl groups is 1. The zero-order valence-electron chi connectivity index (χ0n) is 16.9. The number of hydrogen-bond donors (Lipinski definition) is 1. The molecule has 2 aliphatic heterocycles. The van der Waals surface area contributed by atoms with Gasteiger partial charge in [-0.05, 0) is 48.9 Å². The van der Waals surface area contributed by atoms with Crippen molar-refractivity contribution in [1.82, 2.24) is 19.6 Å². The quantitative estimate of drug-likeness (QED) is 0.758. The van der Waals surface area contributed by atoms with Gasteiger partial charge in [-0.15, -0.1) is 0 Å². The second-order valence-electron chi connectivity index (χ2n) is 8.41. The van der Waals surface area contributed by atoms with Gasteiger partial charge in [0.25, 0.3) is 0 Å². The van der Waals surface area contributed by atoms with Crippen molar-refractivity contribution in [2.45, 2.75) is 38.6 Å². The standard InChI is InChI=1S/C21H24ClF3N4O2/c22-17-3-1-2-15(18(17)21(23,24)25)12-27-9-5-20(14-27)6-10-28(11-7-20)19(31)29-8-4-16(13-30)26-29/h1-4,8,30H,5-7,9-14H2. The van der Waals surface area contributed by atoms with E-state index >= 15 is 0 Å². The van der Waals surface area contributed by atoms with Crippen molar-refractivity contribution >= 4 is 17.6 Å². The number of piperidine rings is 1. The van der Waals surface area contributed by atoms with Crippen LogP contribution in [0, 0.1) is 5.41 Å². The zero-order chi connectivity index (χ0) is 22.2. The van der Waals surface area contributed by atoms with Crippen LogP contribution in [0.3, 0.4) is 0 Å². The molecule has 10 heteroatoms. The number of hydrogen-bond acceptors (Lipinski definition) is 4. The number of halogens is 4. The molecule has 2 aromatic rings. The summed E-state index contributed by atoms with van der Waals surface area (Å²) in [6, 6.07) is 5.70. The zero-order valence-corrected chi connectivity index (χ0v) is 17.7. The van der Waals surface area contributed by atoms with Gasteiger partial charge in [-0.2, -0.15) is 23.0 Å². The molecule has 3 heterocycles. The van der Waals surface area contributed by atoms with Gasteiger partial charge in [0.05, 0.1) is 22.9 Å². The number of benzene rings is 1. The van der Waals surface area contributed by atoms with Gasteiger partial charge in [0, 0.05) is 32.4 Å². The van der Waals surface area contributed by atoms with Crippen molar-refractivity contribution in [3.05, 3.63) is 52.3 Å². The molecule has 0 atom stereocenters. The van der Waals surface area contributed by atoms with E-state index in [4.69, 9.17) is 16.7 Å². The summed E-state index contributed by atoms with van der Waals surface area (Å²) in [6.07, 6.45) is -0.457. The van der Waals surface area contributed by atoms with Crippen molar-refractivity contribution in [1.29, 1.82) is 0 Å². The number of aromatic nitrogens is 2. The smallest absolute Gasteiger partial charge is 0.390 e. The maximum absolute atomic E-state index is 13.5. The molecule has 6 nitrogen and oxygen atoms in total. The fourth-order valence-corrected chi connectivity index (χ4v) is 5.00. The number of rotatable bonds is 3. The molecular formula is C21H24ClF3N4O2. The Morgan fingerprint density at radius 1 is 1.16 bits per heavy atom. The summed E-state index contributed by atoms with van der Waals surface area (Å²) in [7, 11) is 0. The molecular weight excluding hydrogens is 433 g/mol. The Balaban J connectivity index is 1.38. The Hall–Kier alpha value is -2.10. The first-order valence-corrected chi connectivity index (χ1v) is 10.6. The van der Waals surface area contributed by atoms with Crippen molar-refractivity contribution in [2.75, 3.05) is 26.2 Å². The van der Waals surface area contributed by atoms with Crippen LogP contribution in [0.5, 0.6) is 0 Å². The van der Waals surface area contributed by atoms with Crippen LogP contribution in [0.25, 0.3) is 0 Å². The van der Waals surface area contributed by atoms with Gasteiger partial charge in [-0.1, -0.05) is 23.7 Å². The lowest BCUT2D eigenvalue weighted by atomic mass is 9.78. The first kappa shape index (κ1) is 22.1. The van der Waals surface area contributed by atoms with Gasteiger partial charge in [-0.3, -0.25) is 4.90 Å². The first-order valence-electron chi connectivity index (χ1n) is 10.2. The topological polar surface area (TPSA) is 61.6 Å². The van der Waals surface area contributed by atoms with Crippen molar-refractivity contribution in [3.63, 3.8) is 0 Å². The number of likely N-dealkylation sites (tertiary alicyclic amines) is 2. The van der Waals surface area contributed by atoms with Crippen LogP contribution < -0.4 is 0 Å². The van der Waals surface area contributed by atoms with E-state index in [1.807, 2.05) is 0 Å². The maximum atomic E-state index is 13.5. The Labute approximate surface area is 183 Å². The maximum Gasteiger partial charge on any atom is 0.418 e. The Morgan fingerprint density at radius 3 is 2.52 bits per heavy atom. The summed E-state index contributed by atoms with van der Waals surface area (Å²) in [5.74, 6) is 0. The van der Waals surface area contributed by atoms with Crippen LogP contribution in [-0.2, 0) is 19.3 Å². The average molecular weight is 457 g/mol. The highest BCUT2D eigenvalue weighted by Crippen LogP contribution is 2.42. The highest BCUT2D eigenvalue weighted by molar-refractivity contribution is 6.31. The Kier molecular flexibility index (Phi) is 6.02. The number of carbonyl (C=O) groups excluding carboxylic acids is 1. The van der Waals surface area contributed by atoms with Gasteiger partial charge in [-0.25, -0.2) is 4.79 Å². The van der Waals surface area contributed by atoms with E-state index in [2.05, 4.69) is 10.00 Å². The van der Waals surface area contributed by atoms with Crippen LogP contribution >= 0.6 is 11.6 Å². The molecule has 4 rings (SSSR count). The molecule has 31 heavy (non-hydrogen) atoms. The van der Waals surface area contributed by atoms with Crippen molar-refractivity contribution in [2.24, 2.45) is 5.41 Å². The van der Waals surface area contributed by atoms with E-state index in [0.717, 1.165) is 25.8 Å². The lowest BCUT2D eigenvalue weighted by Gasteiger charge is -2.39.